The van der Waals surface area contributed by atoms with Gasteiger partial charge in [-0.1, -0.05) is 0 Å². The van der Waals surface area contributed by atoms with Gasteiger partial charge in [-0.3, -0.25) is 9.89 Å². The topological polar surface area (TPSA) is 63.6 Å². The van der Waals surface area contributed by atoms with Gasteiger partial charge in [0.05, 0.1) is 0 Å². The van der Waals surface area contributed by atoms with Crippen LogP contribution in [-0.2, 0) is 0 Å². The Morgan fingerprint density at radius 3 is 3.00 bits per heavy atom. The number of hydrogen-bond donors (Lipinski definition) is 1. The van der Waals surface area contributed by atoms with Crippen LogP contribution in [-0.4, -0.2) is 26.3 Å². The molecule has 0 amide bonds. The van der Waals surface area contributed by atoms with Gasteiger partial charge in [0.25, 0.3) is 0 Å². The van der Waals surface area contributed by atoms with Crippen LogP contribution in [0.5, 0.6) is 0 Å². The molecule has 2 aromatic heterocycles. The van der Waals surface area contributed by atoms with Crippen LogP contribution in [0.25, 0.3) is 5.82 Å². The molecule has 0 fully saturated rings. The van der Waals surface area contributed by atoms with Crippen LogP contribution < -0.4 is 0 Å². The van der Waals surface area contributed by atoms with E-state index in [0.29, 0.717) is 17.8 Å². The van der Waals surface area contributed by atoms with Crippen LogP contribution in [0.3, 0.4) is 0 Å². The van der Waals surface area contributed by atoms with E-state index in [1.165, 1.54) is 0 Å². The van der Waals surface area contributed by atoms with Gasteiger partial charge in [0, 0.05) is 18.0 Å². The van der Waals surface area contributed by atoms with Gasteiger partial charge < -0.3 is 0 Å². The van der Waals surface area contributed by atoms with Crippen molar-refractivity contribution in [2.45, 2.75) is 6.92 Å². The molecule has 1 N–H and O–H groups in total. The van der Waals surface area contributed by atoms with Gasteiger partial charge in [-0.05, 0) is 13.0 Å². The first-order valence-electron chi connectivity index (χ1n) is 3.83. The Bertz CT molecular complexity index is 429. The molecule has 0 atom stereocenters. The molecule has 0 saturated heterocycles. The average Bonchev–Trinajstić information content (AvgIpc) is 2.71. The van der Waals surface area contributed by atoms with E-state index in [0.717, 1.165) is 5.69 Å². The molecular formula is C8H8N4O. The normalized spacial score (nSPS) is 10.2. The van der Waals surface area contributed by atoms with E-state index < -0.39 is 0 Å². The molecule has 0 aliphatic heterocycles. The summed E-state index contributed by atoms with van der Waals surface area (Å²) in [6.45, 7) is 1.90. The standard InChI is InChI=1S/C8H8N4O/c1-6-4-8(10-9-6)12-3-2-7(5-13)11-12/h2-5H,1H3,(H,9,10). The summed E-state index contributed by atoms with van der Waals surface area (Å²) in [5.74, 6) is 0.686. The zero-order valence-electron chi connectivity index (χ0n) is 7.06. The van der Waals surface area contributed by atoms with E-state index in [4.69, 9.17) is 0 Å². The van der Waals surface area contributed by atoms with E-state index in [1.807, 2.05) is 13.0 Å². The van der Waals surface area contributed by atoms with Gasteiger partial charge in [-0.15, -0.1) is 0 Å². The van der Waals surface area contributed by atoms with Crippen LogP contribution in [0.15, 0.2) is 18.3 Å². The number of carbonyl (C=O) groups excluding carboxylic acids is 1. The molecule has 0 unspecified atom stereocenters. The SMILES string of the molecule is Cc1cc(-n2ccc(C=O)n2)n[nH]1. The molecule has 66 valence electrons. The van der Waals surface area contributed by atoms with Gasteiger partial charge in [-0.2, -0.15) is 10.2 Å². The number of nitrogens with one attached hydrogen (secondary N) is 1. The van der Waals surface area contributed by atoms with Crippen molar-refractivity contribution in [2.75, 3.05) is 0 Å². The Labute approximate surface area is 74.4 Å². The molecule has 0 spiro atoms. The van der Waals surface area contributed by atoms with Crippen molar-refractivity contribution in [2.24, 2.45) is 0 Å². The second-order valence-corrected chi connectivity index (χ2v) is 2.71. The second kappa shape index (κ2) is 2.85. The Kier molecular flexibility index (Phi) is 1.70. The Morgan fingerprint density at radius 2 is 2.46 bits per heavy atom. The highest BCUT2D eigenvalue weighted by atomic mass is 16.1. The number of hydrogen-bond acceptors (Lipinski definition) is 3. The molecule has 2 rings (SSSR count). The first kappa shape index (κ1) is 7.72. The molecule has 5 heteroatoms. The van der Waals surface area contributed by atoms with E-state index in [-0.39, 0.29) is 0 Å². The van der Waals surface area contributed by atoms with Crippen LogP contribution in [0, 0.1) is 6.92 Å². The lowest BCUT2D eigenvalue weighted by Gasteiger charge is -1.91. The minimum atomic E-state index is 0.403. The molecule has 2 aromatic rings. The fraction of sp³-hybridized carbons (Fsp3) is 0.125. The molecule has 2 heterocycles. The molecule has 0 aliphatic rings. The number of H-pyrrole nitrogens is 1. The number of aryl methyl sites for hydroxylation is 1. The summed E-state index contributed by atoms with van der Waals surface area (Å²) in [6.07, 6.45) is 2.40. The lowest BCUT2D eigenvalue weighted by atomic mass is 10.5. The summed E-state index contributed by atoms with van der Waals surface area (Å²) in [4.78, 5) is 10.4. The summed E-state index contributed by atoms with van der Waals surface area (Å²) in [7, 11) is 0. The molecule has 0 bridgehead atoms. The molecule has 0 radical (unpaired) electrons. The highest BCUT2D eigenvalue weighted by molar-refractivity contribution is 5.71. The van der Waals surface area contributed by atoms with Gasteiger partial charge in [-0.25, -0.2) is 4.68 Å². The lowest BCUT2D eigenvalue weighted by Crippen LogP contribution is -1.95. The smallest absolute Gasteiger partial charge is 0.175 e. The minimum absolute atomic E-state index is 0.403. The van der Waals surface area contributed by atoms with Crippen molar-refractivity contribution in [1.29, 1.82) is 0 Å². The highest BCUT2D eigenvalue weighted by Crippen LogP contribution is 2.04. The summed E-state index contributed by atoms with van der Waals surface area (Å²) in [6, 6.07) is 3.48. The maximum atomic E-state index is 10.4. The molecule has 0 saturated carbocycles. The van der Waals surface area contributed by atoms with Gasteiger partial charge in [0.1, 0.15) is 5.69 Å². The summed E-state index contributed by atoms with van der Waals surface area (Å²) in [5.41, 5.74) is 1.36. The van der Waals surface area contributed by atoms with E-state index >= 15 is 0 Å². The maximum Gasteiger partial charge on any atom is 0.175 e. The van der Waals surface area contributed by atoms with Crippen LogP contribution >= 0.6 is 0 Å². The largest absolute Gasteiger partial charge is 0.296 e. The van der Waals surface area contributed by atoms with Gasteiger partial charge >= 0.3 is 0 Å². The molecule has 5 nitrogen and oxygen atoms in total. The van der Waals surface area contributed by atoms with E-state index in [1.54, 1.807) is 16.9 Å². The average molecular weight is 176 g/mol. The Hall–Kier alpha value is -1.91. The van der Waals surface area contributed by atoms with Crippen LogP contribution in [0.4, 0.5) is 0 Å². The van der Waals surface area contributed by atoms with Crippen molar-refractivity contribution in [3.05, 3.63) is 29.7 Å². The first-order valence-corrected chi connectivity index (χ1v) is 3.83. The number of rotatable bonds is 2. The fourth-order valence-electron chi connectivity index (χ4n) is 1.05. The molecule has 0 aromatic carbocycles. The first-order chi connectivity index (χ1) is 6.29. The number of aromatic nitrogens is 4. The maximum absolute atomic E-state index is 10.4. The monoisotopic (exact) mass is 176 g/mol. The Morgan fingerprint density at radius 1 is 1.62 bits per heavy atom. The van der Waals surface area contributed by atoms with Crippen molar-refractivity contribution in [3.8, 4) is 5.82 Å². The van der Waals surface area contributed by atoms with Crippen LogP contribution in [0.2, 0.25) is 0 Å². The minimum Gasteiger partial charge on any atom is -0.296 e. The number of nitrogens with zero attached hydrogens (tertiary/aromatic N) is 3. The Balaban J connectivity index is 2.40. The van der Waals surface area contributed by atoms with E-state index in [2.05, 4.69) is 15.3 Å². The number of carbonyl (C=O) groups is 1. The molecule has 0 aliphatic carbocycles. The molecular weight excluding hydrogens is 168 g/mol. The third-order valence-electron chi connectivity index (χ3n) is 1.66. The van der Waals surface area contributed by atoms with Gasteiger partial charge in [0.2, 0.25) is 0 Å². The van der Waals surface area contributed by atoms with Crippen LogP contribution in [0.1, 0.15) is 16.2 Å². The predicted octanol–water partition coefficient (Wildman–Crippen LogP) is 0.716. The van der Waals surface area contributed by atoms with Crippen molar-refractivity contribution >= 4 is 6.29 Å². The summed E-state index contributed by atoms with van der Waals surface area (Å²) in [5, 5.41) is 10.8. The number of aromatic amines is 1. The predicted molar refractivity (Wildman–Crippen MR) is 45.8 cm³/mol. The summed E-state index contributed by atoms with van der Waals surface area (Å²) < 4.78 is 1.55. The fourth-order valence-corrected chi connectivity index (χ4v) is 1.05. The highest BCUT2D eigenvalue weighted by Gasteiger charge is 2.02. The zero-order valence-corrected chi connectivity index (χ0v) is 7.06. The third-order valence-corrected chi connectivity index (χ3v) is 1.66. The van der Waals surface area contributed by atoms with Crippen molar-refractivity contribution < 1.29 is 4.79 Å². The third kappa shape index (κ3) is 1.35. The van der Waals surface area contributed by atoms with E-state index in [9.17, 15) is 4.79 Å². The summed E-state index contributed by atoms with van der Waals surface area (Å²) >= 11 is 0. The second-order valence-electron chi connectivity index (χ2n) is 2.71. The van der Waals surface area contributed by atoms with Crippen molar-refractivity contribution in [1.82, 2.24) is 20.0 Å². The zero-order chi connectivity index (χ0) is 9.26. The quantitative estimate of drug-likeness (QED) is 0.685. The van der Waals surface area contributed by atoms with Gasteiger partial charge in [0.15, 0.2) is 12.1 Å². The van der Waals surface area contributed by atoms with Crippen molar-refractivity contribution in [3.63, 3.8) is 0 Å². The number of aldehydes is 1. The lowest BCUT2D eigenvalue weighted by molar-refractivity contribution is 0.111. The molecule has 13 heavy (non-hydrogen) atoms.